The number of methoxy groups -OCH3 is 1. The molecule has 0 saturated heterocycles. The molecule has 2 aromatic rings. The average Bonchev–Trinajstić information content (AvgIpc) is 2.90. The molecule has 21 heavy (non-hydrogen) atoms. The van der Waals surface area contributed by atoms with Crippen LogP contribution >= 0.6 is 27.5 Å². The molecule has 114 valence electrons. The number of ether oxygens (including phenoxy) is 1. The van der Waals surface area contributed by atoms with Crippen LogP contribution in [0.3, 0.4) is 0 Å². The Labute approximate surface area is 138 Å². The molecule has 2 rings (SSSR count). The number of furan rings is 1. The van der Waals surface area contributed by atoms with Crippen LogP contribution < -0.4 is 10.1 Å². The van der Waals surface area contributed by atoms with Gasteiger partial charge >= 0.3 is 0 Å². The van der Waals surface area contributed by atoms with Gasteiger partial charge in [0.05, 0.1) is 13.4 Å². The third-order valence-corrected chi connectivity index (χ3v) is 4.13. The highest BCUT2D eigenvalue weighted by molar-refractivity contribution is 9.10. The van der Waals surface area contributed by atoms with Gasteiger partial charge in [-0.3, -0.25) is 0 Å². The van der Waals surface area contributed by atoms with E-state index in [9.17, 15) is 0 Å². The fraction of sp³-hybridized carbons (Fsp3) is 0.375. The Kier molecular flexibility index (Phi) is 6.15. The standard InChI is InChI=1S/C16H19BrClNO2/c1-3-7-19-14(13-6-8-21-16(13)18)10-11-9-12(17)4-5-15(11)20-2/h4-6,8-9,14,19H,3,7,10H2,1-2H3. The van der Waals surface area contributed by atoms with Gasteiger partial charge in [-0.1, -0.05) is 22.9 Å². The second kappa shape index (κ2) is 7.87. The van der Waals surface area contributed by atoms with E-state index < -0.39 is 0 Å². The zero-order chi connectivity index (χ0) is 15.2. The average molecular weight is 373 g/mol. The van der Waals surface area contributed by atoms with Crippen molar-refractivity contribution >= 4 is 27.5 Å². The quantitative estimate of drug-likeness (QED) is 0.743. The highest BCUT2D eigenvalue weighted by Crippen LogP contribution is 2.31. The summed E-state index contributed by atoms with van der Waals surface area (Å²) in [4.78, 5) is 0. The lowest BCUT2D eigenvalue weighted by molar-refractivity contribution is 0.405. The Morgan fingerprint density at radius 3 is 2.81 bits per heavy atom. The summed E-state index contributed by atoms with van der Waals surface area (Å²) < 4.78 is 11.7. The number of nitrogens with one attached hydrogen (secondary N) is 1. The van der Waals surface area contributed by atoms with E-state index >= 15 is 0 Å². The monoisotopic (exact) mass is 371 g/mol. The molecule has 0 amide bonds. The molecule has 1 heterocycles. The molecule has 0 aliphatic heterocycles. The summed E-state index contributed by atoms with van der Waals surface area (Å²) in [6.45, 7) is 3.06. The number of hydrogen-bond donors (Lipinski definition) is 1. The Hall–Kier alpha value is -0.970. The van der Waals surface area contributed by atoms with E-state index in [4.69, 9.17) is 20.8 Å². The molecule has 1 aromatic carbocycles. The van der Waals surface area contributed by atoms with Crippen LogP contribution in [0.5, 0.6) is 5.75 Å². The van der Waals surface area contributed by atoms with Crippen molar-refractivity contribution in [3.63, 3.8) is 0 Å². The molecule has 3 nitrogen and oxygen atoms in total. The van der Waals surface area contributed by atoms with Gasteiger partial charge in [-0.05, 0) is 60.8 Å². The Balaban J connectivity index is 2.26. The van der Waals surface area contributed by atoms with Crippen molar-refractivity contribution < 1.29 is 9.15 Å². The van der Waals surface area contributed by atoms with Crippen LogP contribution in [0.2, 0.25) is 5.22 Å². The lowest BCUT2D eigenvalue weighted by atomic mass is 10.00. The van der Waals surface area contributed by atoms with E-state index in [2.05, 4.69) is 34.2 Å². The first kappa shape index (κ1) is 16.4. The molecule has 0 radical (unpaired) electrons. The van der Waals surface area contributed by atoms with E-state index in [1.54, 1.807) is 13.4 Å². The van der Waals surface area contributed by atoms with Crippen molar-refractivity contribution in [1.82, 2.24) is 5.32 Å². The molecule has 5 heteroatoms. The smallest absolute Gasteiger partial charge is 0.197 e. The van der Waals surface area contributed by atoms with E-state index in [-0.39, 0.29) is 6.04 Å². The van der Waals surface area contributed by atoms with Gasteiger partial charge in [0.1, 0.15) is 5.75 Å². The van der Waals surface area contributed by atoms with Crippen LogP contribution in [0.1, 0.15) is 30.5 Å². The van der Waals surface area contributed by atoms with Crippen LogP contribution in [0, 0.1) is 0 Å². The number of rotatable bonds is 7. The third-order valence-electron chi connectivity index (χ3n) is 3.33. The first-order valence-corrected chi connectivity index (χ1v) is 8.11. The Bertz CT molecular complexity index is 585. The molecule has 0 bridgehead atoms. The number of halogens is 2. The maximum atomic E-state index is 6.14. The van der Waals surface area contributed by atoms with Crippen molar-refractivity contribution in [2.75, 3.05) is 13.7 Å². The first-order valence-electron chi connectivity index (χ1n) is 6.94. The summed E-state index contributed by atoms with van der Waals surface area (Å²) in [5.41, 5.74) is 2.10. The van der Waals surface area contributed by atoms with Gasteiger partial charge in [0.15, 0.2) is 5.22 Å². The summed E-state index contributed by atoms with van der Waals surface area (Å²) in [6, 6.07) is 8.03. The van der Waals surface area contributed by atoms with Crippen molar-refractivity contribution in [1.29, 1.82) is 0 Å². The third kappa shape index (κ3) is 4.25. The highest BCUT2D eigenvalue weighted by Gasteiger charge is 2.19. The molecular formula is C16H19BrClNO2. The minimum Gasteiger partial charge on any atom is -0.496 e. The molecule has 0 spiro atoms. The minimum atomic E-state index is 0.0967. The van der Waals surface area contributed by atoms with Gasteiger partial charge in [0.2, 0.25) is 0 Å². The van der Waals surface area contributed by atoms with Gasteiger partial charge in [-0.15, -0.1) is 0 Å². The number of hydrogen-bond acceptors (Lipinski definition) is 3. The normalized spacial score (nSPS) is 12.4. The van der Waals surface area contributed by atoms with E-state index in [0.717, 1.165) is 40.7 Å². The summed E-state index contributed by atoms with van der Waals surface area (Å²) in [5.74, 6) is 0.876. The summed E-state index contributed by atoms with van der Waals surface area (Å²) in [7, 11) is 1.69. The lowest BCUT2D eigenvalue weighted by Gasteiger charge is -2.19. The van der Waals surface area contributed by atoms with Crippen LogP contribution in [-0.4, -0.2) is 13.7 Å². The molecule has 1 N–H and O–H groups in total. The maximum absolute atomic E-state index is 6.14. The topological polar surface area (TPSA) is 34.4 Å². The molecule has 0 aliphatic rings. The first-order chi connectivity index (χ1) is 10.2. The van der Waals surface area contributed by atoms with Crippen LogP contribution in [0.4, 0.5) is 0 Å². The predicted molar refractivity (Wildman–Crippen MR) is 89.2 cm³/mol. The van der Waals surface area contributed by atoms with Gasteiger partial charge in [0, 0.05) is 16.1 Å². The SMILES string of the molecule is CCCNC(Cc1cc(Br)ccc1OC)c1ccoc1Cl. The van der Waals surface area contributed by atoms with Crippen molar-refractivity contribution in [2.45, 2.75) is 25.8 Å². The van der Waals surface area contributed by atoms with Gasteiger partial charge in [0.25, 0.3) is 0 Å². The van der Waals surface area contributed by atoms with Crippen LogP contribution in [0.25, 0.3) is 0 Å². The minimum absolute atomic E-state index is 0.0967. The molecule has 0 aliphatic carbocycles. The zero-order valence-corrected chi connectivity index (χ0v) is 14.5. The summed E-state index contributed by atoms with van der Waals surface area (Å²) >= 11 is 9.65. The van der Waals surface area contributed by atoms with Crippen LogP contribution in [-0.2, 0) is 6.42 Å². The van der Waals surface area contributed by atoms with E-state index in [1.165, 1.54) is 0 Å². The van der Waals surface area contributed by atoms with Crippen molar-refractivity contribution in [3.8, 4) is 5.75 Å². The Morgan fingerprint density at radius 1 is 1.38 bits per heavy atom. The second-order valence-corrected chi connectivity index (χ2v) is 6.08. The summed E-state index contributed by atoms with van der Waals surface area (Å²) in [5, 5.41) is 3.96. The van der Waals surface area contributed by atoms with Gasteiger partial charge in [-0.2, -0.15) is 0 Å². The van der Waals surface area contributed by atoms with Gasteiger partial charge in [-0.25, -0.2) is 0 Å². The van der Waals surface area contributed by atoms with Crippen molar-refractivity contribution in [2.24, 2.45) is 0 Å². The molecule has 1 unspecified atom stereocenters. The van der Waals surface area contributed by atoms with Gasteiger partial charge < -0.3 is 14.5 Å². The molecule has 1 aromatic heterocycles. The maximum Gasteiger partial charge on any atom is 0.197 e. The number of benzene rings is 1. The van der Waals surface area contributed by atoms with E-state index in [0.29, 0.717) is 5.22 Å². The predicted octanol–water partition coefficient (Wildman–Crippen LogP) is 4.99. The zero-order valence-electron chi connectivity index (χ0n) is 12.2. The summed E-state index contributed by atoms with van der Waals surface area (Å²) in [6.07, 6.45) is 3.46. The van der Waals surface area contributed by atoms with E-state index in [1.807, 2.05) is 18.2 Å². The highest BCUT2D eigenvalue weighted by atomic mass is 79.9. The fourth-order valence-corrected chi connectivity index (χ4v) is 2.95. The van der Waals surface area contributed by atoms with Crippen LogP contribution in [0.15, 0.2) is 39.4 Å². The molecule has 0 fully saturated rings. The second-order valence-electron chi connectivity index (χ2n) is 4.82. The Morgan fingerprint density at radius 2 is 2.19 bits per heavy atom. The van der Waals surface area contributed by atoms with Crippen molar-refractivity contribution in [3.05, 3.63) is 51.3 Å². The largest absolute Gasteiger partial charge is 0.496 e. The molecular weight excluding hydrogens is 354 g/mol. The molecule has 0 saturated carbocycles. The lowest BCUT2D eigenvalue weighted by Crippen LogP contribution is -2.24. The fourth-order valence-electron chi connectivity index (χ4n) is 2.29. The molecule has 1 atom stereocenters.